The number of amides is 2. The number of hydrogen-bond acceptors (Lipinski definition) is 4. The maximum Gasteiger partial charge on any atom is 0.255 e. The maximum atomic E-state index is 12.7. The highest BCUT2D eigenvalue weighted by atomic mass is 16.2. The monoisotopic (exact) mass is 393 g/mol. The van der Waals surface area contributed by atoms with Gasteiger partial charge in [0.25, 0.3) is 11.8 Å². The number of fused-ring (bicyclic) bond motifs is 1. The van der Waals surface area contributed by atoms with Gasteiger partial charge < -0.3 is 20.9 Å². The Morgan fingerprint density at radius 3 is 2.72 bits per heavy atom. The Morgan fingerprint density at radius 2 is 1.97 bits per heavy atom. The summed E-state index contributed by atoms with van der Waals surface area (Å²) < 4.78 is 0. The van der Waals surface area contributed by atoms with Crippen LogP contribution in [-0.4, -0.2) is 46.3 Å². The summed E-state index contributed by atoms with van der Waals surface area (Å²) in [7, 11) is 1.76. The van der Waals surface area contributed by atoms with Crippen molar-refractivity contribution in [3.05, 3.63) is 59.9 Å². The molecule has 29 heavy (non-hydrogen) atoms. The minimum absolute atomic E-state index is 0.0584. The standard InChI is InChI=1S/C22H27N5O2/c1-14(2)18(23)9-10-27(3)22(29)16-5-4-6-17(11-16)26-21(28)15-7-8-19-20(12-15)25-13-24-19/h4-8,11-14,18H,9-10,23H2,1-3H3,(H,24,25)(H,26,28). The molecule has 0 aliphatic heterocycles. The van der Waals surface area contributed by atoms with E-state index in [1.807, 2.05) is 0 Å². The fourth-order valence-corrected chi connectivity index (χ4v) is 3.01. The average Bonchev–Trinajstić information content (AvgIpc) is 3.19. The maximum absolute atomic E-state index is 12.7. The highest BCUT2D eigenvalue weighted by molar-refractivity contribution is 6.06. The van der Waals surface area contributed by atoms with E-state index in [0.29, 0.717) is 29.3 Å². The molecule has 0 saturated heterocycles. The van der Waals surface area contributed by atoms with Crippen LogP contribution >= 0.6 is 0 Å². The zero-order valence-corrected chi connectivity index (χ0v) is 17.0. The Kier molecular flexibility index (Phi) is 6.29. The van der Waals surface area contributed by atoms with E-state index in [1.165, 1.54) is 0 Å². The smallest absolute Gasteiger partial charge is 0.255 e. The molecular weight excluding hydrogens is 366 g/mol. The minimum Gasteiger partial charge on any atom is -0.345 e. The predicted octanol–water partition coefficient (Wildman–Crippen LogP) is 3.26. The van der Waals surface area contributed by atoms with Gasteiger partial charge in [0.2, 0.25) is 0 Å². The van der Waals surface area contributed by atoms with Gasteiger partial charge in [-0.05, 0) is 48.7 Å². The number of aromatic amines is 1. The molecule has 7 heteroatoms. The Bertz CT molecular complexity index is 1010. The summed E-state index contributed by atoms with van der Waals surface area (Å²) in [5.74, 6) is 0.0244. The topological polar surface area (TPSA) is 104 Å². The average molecular weight is 393 g/mol. The quantitative estimate of drug-likeness (QED) is 0.573. The molecule has 2 aromatic carbocycles. The second-order valence-electron chi connectivity index (χ2n) is 7.59. The van der Waals surface area contributed by atoms with E-state index >= 15 is 0 Å². The van der Waals surface area contributed by atoms with E-state index in [1.54, 1.807) is 60.7 Å². The normalized spacial score (nSPS) is 12.2. The largest absolute Gasteiger partial charge is 0.345 e. The van der Waals surface area contributed by atoms with Gasteiger partial charge in [0.05, 0.1) is 17.4 Å². The lowest BCUT2D eigenvalue weighted by atomic mass is 10.0. The van der Waals surface area contributed by atoms with E-state index < -0.39 is 0 Å². The summed E-state index contributed by atoms with van der Waals surface area (Å²) in [6.07, 6.45) is 2.33. The number of imidazole rings is 1. The third-order valence-electron chi connectivity index (χ3n) is 5.05. The summed E-state index contributed by atoms with van der Waals surface area (Å²) >= 11 is 0. The molecule has 152 valence electrons. The molecule has 0 spiro atoms. The van der Waals surface area contributed by atoms with Crippen molar-refractivity contribution >= 4 is 28.5 Å². The second kappa shape index (κ2) is 8.87. The number of aromatic nitrogens is 2. The van der Waals surface area contributed by atoms with Gasteiger partial charge in [0.15, 0.2) is 0 Å². The Labute approximate surface area is 170 Å². The fraction of sp³-hybridized carbons (Fsp3) is 0.318. The number of benzene rings is 2. The van der Waals surface area contributed by atoms with Gasteiger partial charge in [-0.3, -0.25) is 9.59 Å². The van der Waals surface area contributed by atoms with Crippen molar-refractivity contribution in [2.45, 2.75) is 26.3 Å². The van der Waals surface area contributed by atoms with Crippen molar-refractivity contribution in [3.63, 3.8) is 0 Å². The lowest BCUT2D eigenvalue weighted by molar-refractivity contribution is 0.0789. The molecule has 1 atom stereocenters. The molecule has 0 fully saturated rings. The lowest BCUT2D eigenvalue weighted by Crippen LogP contribution is -2.34. The van der Waals surface area contributed by atoms with Gasteiger partial charge in [0, 0.05) is 36.4 Å². The molecule has 2 amide bonds. The van der Waals surface area contributed by atoms with Crippen LogP contribution in [0.3, 0.4) is 0 Å². The number of carbonyl (C=O) groups excluding carboxylic acids is 2. The first-order valence-electron chi connectivity index (χ1n) is 9.70. The summed E-state index contributed by atoms with van der Waals surface area (Å²) in [6.45, 7) is 4.73. The molecule has 7 nitrogen and oxygen atoms in total. The first-order chi connectivity index (χ1) is 13.8. The van der Waals surface area contributed by atoms with Crippen LogP contribution in [0.25, 0.3) is 11.0 Å². The zero-order chi connectivity index (χ0) is 21.0. The first kappa shape index (κ1) is 20.5. The first-order valence-corrected chi connectivity index (χ1v) is 9.70. The summed E-state index contributed by atoms with van der Waals surface area (Å²) in [5.41, 5.74) is 9.27. The fourth-order valence-electron chi connectivity index (χ4n) is 3.01. The van der Waals surface area contributed by atoms with Crippen molar-refractivity contribution in [2.75, 3.05) is 18.9 Å². The highest BCUT2D eigenvalue weighted by Crippen LogP contribution is 2.16. The van der Waals surface area contributed by atoms with Gasteiger partial charge in [-0.15, -0.1) is 0 Å². The van der Waals surface area contributed by atoms with Crippen LogP contribution in [0.4, 0.5) is 5.69 Å². The third kappa shape index (κ3) is 5.00. The van der Waals surface area contributed by atoms with E-state index in [0.717, 1.165) is 17.5 Å². The predicted molar refractivity (Wildman–Crippen MR) is 115 cm³/mol. The summed E-state index contributed by atoms with van der Waals surface area (Å²) in [6, 6.07) is 12.3. The molecule has 1 aromatic heterocycles. The van der Waals surface area contributed by atoms with Crippen molar-refractivity contribution in [3.8, 4) is 0 Å². The lowest BCUT2D eigenvalue weighted by Gasteiger charge is -2.21. The van der Waals surface area contributed by atoms with Gasteiger partial charge in [0.1, 0.15) is 0 Å². The van der Waals surface area contributed by atoms with Crippen LogP contribution in [0, 0.1) is 5.92 Å². The van der Waals surface area contributed by atoms with Gasteiger partial charge in [-0.2, -0.15) is 0 Å². The van der Waals surface area contributed by atoms with Gasteiger partial charge in [-0.25, -0.2) is 4.98 Å². The SMILES string of the molecule is CC(C)C(N)CCN(C)C(=O)c1cccc(NC(=O)c2ccc3nc[nH]c3c2)c1. The van der Waals surface area contributed by atoms with E-state index in [-0.39, 0.29) is 17.9 Å². The number of nitrogens with two attached hydrogens (primary N) is 1. The van der Waals surface area contributed by atoms with E-state index in [9.17, 15) is 9.59 Å². The van der Waals surface area contributed by atoms with Crippen LogP contribution in [0.5, 0.6) is 0 Å². The Morgan fingerprint density at radius 1 is 1.17 bits per heavy atom. The second-order valence-corrected chi connectivity index (χ2v) is 7.59. The van der Waals surface area contributed by atoms with Crippen LogP contribution in [0.15, 0.2) is 48.8 Å². The van der Waals surface area contributed by atoms with Gasteiger partial charge in [-0.1, -0.05) is 19.9 Å². The summed E-state index contributed by atoms with van der Waals surface area (Å²) in [4.78, 5) is 34.1. The number of rotatable bonds is 7. The van der Waals surface area contributed by atoms with Crippen LogP contribution in [0.1, 0.15) is 41.0 Å². The molecule has 4 N–H and O–H groups in total. The summed E-state index contributed by atoms with van der Waals surface area (Å²) in [5, 5.41) is 2.85. The number of nitrogens with one attached hydrogen (secondary N) is 2. The van der Waals surface area contributed by atoms with Gasteiger partial charge >= 0.3 is 0 Å². The molecule has 1 heterocycles. The Balaban J connectivity index is 1.66. The molecule has 0 bridgehead atoms. The zero-order valence-electron chi connectivity index (χ0n) is 17.0. The van der Waals surface area contributed by atoms with Crippen LogP contribution in [-0.2, 0) is 0 Å². The van der Waals surface area contributed by atoms with Crippen LogP contribution in [0.2, 0.25) is 0 Å². The van der Waals surface area contributed by atoms with E-state index in [2.05, 4.69) is 29.1 Å². The van der Waals surface area contributed by atoms with Crippen molar-refractivity contribution in [1.82, 2.24) is 14.9 Å². The number of anilines is 1. The van der Waals surface area contributed by atoms with Crippen molar-refractivity contribution in [2.24, 2.45) is 11.7 Å². The molecule has 0 aliphatic carbocycles. The number of H-pyrrole nitrogens is 1. The molecule has 0 saturated carbocycles. The van der Waals surface area contributed by atoms with E-state index in [4.69, 9.17) is 5.73 Å². The third-order valence-corrected chi connectivity index (χ3v) is 5.05. The number of hydrogen-bond donors (Lipinski definition) is 3. The Hall–Kier alpha value is -3.19. The van der Waals surface area contributed by atoms with Crippen molar-refractivity contribution in [1.29, 1.82) is 0 Å². The molecule has 3 rings (SSSR count). The van der Waals surface area contributed by atoms with Crippen molar-refractivity contribution < 1.29 is 9.59 Å². The van der Waals surface area contributed by atoms with Crippen LogP contribution < -0.4 is 11.1 Å². The number of nitrogens with zero attached hydrogens (tertiary/aromatic N) is 2. The molecule has 1 unspecified atom stereocenters. The molecule has 3 aromatic rings. The molecular formula is C22H27N5O2. The molecule has 0 radical (unpaired) electrons. The molecule has 0 aliphatic rings. The number of carbonyl (C=O) groups is 2. The highest BCUT2D eigenvalue weighted by Gasteiger charge is 2.15. The minimum atomic E-state index is -0.248.